The summed E-state index contributed by atoms with van der Waals surface area (Å²) in [5.41, 5.74) is 1.38. The van der Waals surface area contributed by atoms with Crippen molar-refractivity contribution < 1.29 is 45.1 Å². The molecular weight excluding hydrogens is 485 g/mol. The predicted octanol–water partition coefficient (Wildman–Crippen LogP) is 4.82. The Morgan fingerprint density at radius 2 is 1.44 bits per heavy atom. The highest BCUT2D eigenvalue weighted by Gasteiger charge is 2.56. The molecule has 0 radical (unpaired) electrons. The van der Waals surface area contributed by atoms with E-state index >= 15 is 0 Å². The number of hydrogen-bond acceptors (Lipinski definition) is 5. The molecule has 1 N–H and O–H groups in total. The van der Waals surface area contributed by atoms with E-state index in [1.807, 2.05) is 0 Å². The zero-order valence-electron chi connectivity index (χ0n) is 17.8. The molecule has 1 fully saturated rings. The molecule has 6 nitrogen and oxygen atoms in total. The summed E-state index contributed by atoms with van der Waals surface area (Å²) in [6.45, 7) is 0.588. The number of aryl methyl sites for hydroxylation is 1. The fraction of sp³-hybridized carbons (Fsp3) is 0.409. The highest BCUT2D eigenvalue weighted by Crippen LogP contribution is 2.39. The molecule has 3 rings (SSSR count). The van der Waals surface area contributed by atoms with Gasteiger partial charge in [-0.05, 0) is 48.1 Å². The number of carbonyl (C=O) groups is 1. The second-order valence-electron chi connectivity index (χ2n) is 7.90. The van der Waals surface area contributed by atoms with E-state index in [1.54, 1.807) is 0 Å². The molecule has 1 amide bonds. The molecule has 1 aliphatic heterocycles. The molecule has 0 saturated carbocycles. The Bertz CT molecular complexity index is 1100. The first-order valence-electron chi connectivity index (χ1n) is 10.3. The maximum atomic E-state index is 13.1. The van der Waals surface area contributed by atoms with E-state index in [9.17, 15) is 40.4 Å². The van der Waals surface area contributed by atoms with E-state index in [0.717, 1.165) is 0 Å². The van der Waals surface area contributed by atoms with Crippen LogP contribution in [-0.4, -0.2) is 49.3 Å². The molecule has 0 bridgehead atoms. The van der Waals surface area contributed by atoms with Crippen LogP contribution in [0.15, 0.2) is 53.4 Å². The first-order valence-corrected chi connectivity index (χ1v) is 11.8. The predicted molar refractivity (Wildman–Crippen MR) is 111 cm³/mol. The fourth-order valence-corrected chi connectivity index (χ4v) is 4.51. The minimum Gasteiger partial charge on any atom is -0.381 e. The number of ether oxygens (including phenoxy) is 1. The van der Waals surface area contributed by atoms with Crippen LogP contribution in [-0.2, 0) is 26.0 Å². The van der Waals surface area contributed by atoms with Crippen molar-refractivity contribution in [3.05, 3.63) is 54.1 Å². The van der Waals surface area contributed by atoms with Crippen molar-refractivity contribution in [2.75, 3.05) is 13.2 Å². The Labute approximate surface area is 193 Å². The lowest BCUT2D eigenvalue weighted by molar-refractivity contribution is -0.284. The van der Waals surface area contributed by atoms with Gasteiger partial charge in [0, 0.05) is 25.6 Å². The summed E-state index contributed by atoms with van der Waals surface area (Å²) in [6.07, 6.45) is -6.85. The lowest BCUT2D eigenvalue weighted by Crippen LogP contribution is -2.40. The van der Waals surface area contributed by atoms with Gasteiger partial charge in [-0.15, -0.1) is 4.47 Å². The quantitative estimate of drug-likeness (QED) is 0.330. The zero-order valence-corrected chi connectivity index (χ0v) is 18.6. The first-order chi connectivity index (χ1) is 15.8. The normalized spacial score (nSPS) is 15.8. The molecule has 1 heterocycles. The summed E-state index contributed by atoms with van der Waals surface area (Å²) < 4.78 is 93.2. The fourth-order valence-electron chi connectivity index (χ4n) is 3.45. The monoisotopic (exact) mass is 507 g/mol. The number of benzene rings is 2. The van der Waals surface area contributed by atoms with Crippen LogP contribution in [0.2, 0.25) is 0 Å². The van der Waals surface area contributed by atoms with Crippen LogP contribution in [0.1, 0.15) is 24.8 Å². The average molecular weight is 507 g/mol. The van der Waals surface area contributed by atoms with Crippen molar-refractivity contribution in [3.63, 3.8) is 0 Å². The van der Waals surface area contributed by atoms with Crippen molar-refractivity contribution >= 4 is 15.9 Å². The summed E-state index contributed by atoms with van der Waals surface area (Å²) in [7, 11) is -4.49. The molecule has 12 heteroatoms. The van der Waals surface area contributed by atoms with Gasteiger partial charge in [0.2, 0.25) is 0 Å². The molecule has 0 spiro atoms. The van der Waals surface area contributed by atoms with Crippen LogP contribution < -0.4 is 0 Å². The molecule has 1 aliphatic rings. The van der Waals surface area contributed by atoms with Gasteiger partial charge in [0.05, 0.1) is 4.90 Å². The number of sulfonamides is 1. The second-order valence-corrected chi connectivity index (χ2v) is 9.66. The standard InChI is InChI=1S/C22H22F5NO5S/c23-21(24,22(25,26)27)12-9-15-1-3-16(4-2-15)17-5-7-19(8-6-17)34(31,32)28(30)20(29)18-10-13-33-14-11-18/h1-8,18,30H,9-14H2. The van der Waals surface area contributed by atoms with E-state index in [2.05, 4.69) is 0 Å². The molecule has 2 aromatic carbocycles. The minimum atomic E-state index is -5.60. The van der Waals surface area contributed by atoms with Crippen LogP contribution in [0, 0.1) is 5.92 Å². The Morgan fingerprint density at radius 1 is 0.941 bits per heavy atom. The minimum absolute atomic E-state index is 0.247. The number of alkyl halides is 5. The number of carbonyl (C=O) groups excluding carboxylic acids is 1. The van der Waals surface area contributed by atoms with Gasteiger partial charge >= 0.3 is 12.1 Å². The Kier molecular flexibility index (Phi) is 7.63. The molecule has 186 valence electrons. The van der Waals surface area contributed by atoms with Crippen LogP contribution >= 0.6 is 0 Å². The smallest absolute Gasteiger partial charge is 0.381 e. The van der Waals surface area contributed by atoms with Crippen molar-refractivity contribution in [2.24, 2.45) is 5.92 Å². The number of hydroxylamine groups is 1. The molecule has 0 unspecified atom stereocenters. The van der Waals surface area contributed by atoms with E-state index in [4.69, 9.17) is 4.74 Å². The Morgan fingerprint density at radius 3 is 1.94 bits per heavy atom. The SMILES string of the molecule is O=C(C1CCOCC1)N(O)S(=O)(=O)c1ccc(-c2ccc(CCC(F)(F)C(F)(F)F)cc2)cc1. The third-order valence-electron chi connectivity index (χ3n) is 5.57. The van der Waals surface area contributed by atoms with Gasteiger partial charge in [-0.1, -0.05) is 36.4 Å². The lowest BCUT2D eigenvalue weighted by atomic mass is 10.00. The molecule has 0 aliphatic carbocycles. The van der Waals surface area contributed by atoms with Crippen molar-refractivity contribution in [1.29, 1.82) is 0 Å². The number of amides is 1. The summed E-state index contributed by atoms with van der Waals surface area (Å²) in [4.78, 5) is 12.0. The number of rotatable bonds is 7. The topological polar surface area (TPSA) is 83.9 Å². The van der Waals surface area contributed by atoms with E-state index in [0.29, 0.717) is 37.2 Å². The van der Waals surface area contributed by atoms with E-state index in [1.165, 1.54) is 48.5 Å². The van der Waals surface area contributed by atoms with E-state index < -0.39 is 46.8 Å². The molecule has 1 saturated heterocycles. The van der Waals surface area contributed by atoms with Gasteiger partial charge in [-0.25, -0.2) is 0 Å². The third-order valence-corrected chi connectivity index (χ3v) is 7.07. The molecule has 34 heavy (non-hydrogen) atoms. The number of nitrogens with zero attached hydrogens (tertiary/aromatic N) is 1. The Hall–Kier alpha value is -2.57. The lowest BCUT2D eigenvalue weighted by Gasteiger charge is -2.24. The van der Waals surface area contributed by atoms with Gasteiger partial charge < -0.3 is 4.74 Å². The number of halogens is 5. The maximum Gasteiger partial charge on any atom is 0.453 e. The highest BCUT2D eigenvalue weighted by atomic mass is 32.2. The van der Waals surface area contributed by atoms with Crippen molar-refractivity contribution in [2.45, 2.75) is 42.7 Å². The van der Waals surface area contributed by atoms with Crippen LogP contribution in [0.4, 0.5) is 22.0 Å². The summed E-state index contributed by atoms with van der Waals surface area (Å²) in [5, 5.41) is 10.1. The summed E-state index contributed by atoms with van der Waals surface area (Å²) in [5.74, 6) is -6.37. The van der Waals surface area contributed by atoms with Gasteiger partial charge in [-0.2, -0.15) is 30.4 Å². The van der Waals surface area contributed by atoms with Gasteiger partial charge in [0.1, 0.15) is 0 Å². The van der Waals surface area contributed by atoms with Gasteiger partial charge in [-0.3, -0.25) is 10.0 Å². The van der Waals surface area contributed by atoms with Crippen LogP contribution in [0.3, 0.4) is 0 Å². The molecule has 0 atom stereocenters. The van der Waals surface area contributed by atoms with Crippen LogP contribution in [0.5, 0.6) is 0 Å². The number of hydrogen-bond donors (Lipinski definition) is 1. The van der Waals surface area contributed by atoms with E-state index in [-0.39, 0.29) is 14.9 Å². The molecule has 0 aromatic heterocycles. The van der Waals surface area contributed by atoms with Gasteiger partial charge in [0.25, 0.3) is 15.9 Å². The summed E-state index contributed by atoms with van der Waals surface area (Å²) in [6, 6.07) is 11.1. The molecular formula is C22H22F5NO5S. The largest absolute Gasteiger partial charge is 0.453 e. The molecule has 2 aromatic rings. The highest BCUT2D eigenvalue weighted by molar-refractivity contribution is 7.89. The zero-order chi connectivity index (χ0) is 25.1. The Balaban J connectivity index is 1.68. The summed E-state index contributed by atoms with van der Waals surface area (Å²) >= 11 is 0. The second kappa shape index (κ2) is 9.96. The van der Waals surface area contributed by atoms with Crippen molar-refractivity contribution in [1.82, 2.24) is 4.47 Å². The van der Waals surface area contributed by atoms with Crippen LogP contribution in [0.25, 0.3) is 11.1 Å². The third kappa shape index (κ3) is 5.73. The first kappa shape index (κ1) is 26.0. The van der Waals surface area contributed by atoms with Gasteiger partial charge in [0.15, 0.2) is 0 Å². The van der Waals surface area contributed by atoms with Crippen molar-refractivity contribution in [3.8, 4) is 11.1 Å². The average Bonchev–Trinajstić information content (AvgIpc) is 2.82. The maximum absolute atomic E-state index is 13.1.